The van der Waals surface area contributed by atoms with Crippen LogP contribution in [0.25, 0.3) is 0 Å². The Morgan fingerprint density at radius 1 is 0.962 bits per heavy atom. The topological polar surface area (TPSA) is 47.6 Å². The van der Waals surface area contributed by atoms with E-state index in [9.17, 15) is 4.79 Å². The van der Waals surface area contributed by atoms with E-state index in [2.05, 4.69) is 19.2 Å². The lowest BCUT2D eigenvalue weighted by molar-refractivity contribution is -0.128. The zero-order valence-electron chi connectivity index (χ0n) is 16.3. The standard InChI is InChI=1S/C22H29NO3/c1-6-20(17-9-12-18(25-5)13-10-17)23-22(24)21(7-2)26-19-11-8-15(3)16(4)14-19/h8-14,20-21H,6-7H2,1-5H3,(H,23,24)/t20-,21+/m0/s1. The number of benzene rings is 2. The summed E-state index contributed by atoms with van der Waals surface area (Å²) in [4.78, 5) is 12.7. The summed E-state index contributed by atoms with van der Waals surface area (Å²) in [6.07, 6.45) is 0.903. The molecule has 0 aromatic heterocycles. The van der Waals surface area contributed by atoms with E-state index in [0.29, 0.717) is 6.42 Å². The molecule has 2 aromatic carbocycles. The van der Waals surface area contributed by atoms with Crippen molar-refractivity contribution in [3.8, 4) is 11.5 Å². The zero-order valence-corrected chi connectivity index (χ0v) is 16.3. The average molecular weight is 355 g/mol. The molecule has 0 bridgehead atoms. The molecular weight excluding hydrogens is 326 g/mol. The Morgan fingerprint density at radius 3 is 2.15 bits per heavy atom. The first-order valence-corrected chi connectivity index (χ1v) is 9.16. The molecule has 1 N–H and O–H groups in total. The minimum atomic E-state index is -0.510. The summed E-state index contributed by atoms with van der Waals surface area (Å²) in [6, 6.07) is 13.6. The van der Waals surface area contributed by atoms with Crippen LogP contribution in [0.5, 0.6) is 11.5 Å². The molecule has 0 aliphatic heterocycles. The maximum absolute atomic E-state index is 12.7. The molecule has 0 heterocycles. The summed E-state index contributed by atoms with van der Waals surface area (Å²) < 4.78 is 11.1. The van der Waals surface area contributed by atoms with Gasteiger partial charge in [-0.2, -0.15) is 0 Å². The van der Waals surface area contributed by atoms with Gasteiger partial charge in [-0.25, -0.2) is 0 Å². The quantitative estimate of drug-likeness (QED) is 0.744. The second-order valence-electron chi connectivity index (χ2n) is 6.50. The highest BCUT2D eigenvalue weighted by atomic mass is 16.5. The van der Waals surface area contributed by atoms with Crippen molar-refractivity contribution in [1.29, 1.82) is 0 Å². The predicted molar refractivity (Wildman–Crippen MR) is 105 cm³/mol. The Balaban J connectivity index is 2.06. The summed E-state index contributed by atoms with van der Waals surface area (Å²) >= 11 is 0. The molecule has 140 valence electrons. The molecule has 0 aliphatic carbocycles. The van der Waals surface area contributed by atoms with E-state index < -0.39 is 6.10 Å². The third-order valence-corrected chi connectivity index (χ3v) is 4.66. The molecule has 0 fully saturated rings. The van der Waals surface area contributed by atoms with E-state index in [1.165, 1.54) is 5.56 Å². The lowest BCUT2D eigenvalue weighted by Crippen LogP contribution is -2.39. The van der Waals surface area contributed by atoms with Gasteiger partial charge in [0.05, 0.1) is 13.2 Å². The Bertz CT molecular complexity index is 725. The minimum Gasteiger partial charge on any atom is -0.497 e. The van der Waals surface area contributed by atoms with Crippen LogP contribution in [0.4, 0.5) is 0 Å². The maximum Gasteiger partial charge on any atom is 0.261 e. The fourth-order valence-corrected chi connectivity index (χ4v) is 2.80. The van der Waals surface area contributed by atoms with Gasteiger partial charge in [0.2, 0.25) is 0 Å². The highest BCUT2D eigenvalue weighted by Crippen LogP contribution is 2.22. The van der Waals surface area contributed by atoms with Gasteiger partial charge >= 0.3 is 0 Å². The molecule has 4 heteroatoms. The van der Waals surface area contributed by atoms with Crippen molar-refractivity contribution in [2.75, 3.05) is 7.11 Å². The van der Waals surface area contributed by atoms with E-state index in [-0.39, 0.29) is 11.9 Å². The molecule has 0 unspecified atom stereocenters. The van der Waals surface area contributed by atoms with Gasteiger partial charge in [-0.1, -0.05) is 32.0 Å². The number of carbonyl (C=O) groups is 1. The van der Waals surface area contributed by atoms with Crippen molar-refractivity contribution in [3.63, 3.8) is 0 Å². The molecule has 0 aliphatic rings. The Kier molecular flexibility index (Phi) is 7.07. The molecule has 1 amide bonds. The number of amides is 1. The van der Waals surface area contributed by atoms with E-state index in [0.717, 1.165) is 29.0 Å². The number of rotatable bonds is 8. The predicted octanol–water partition coefficient (Wildman–Crippen LogP) is 4.74. The van der Waals surface area contributed by atoms with Crippen LogP contribution in [0.15, 0.2) is 42.5 Å². The molecule has 0 radical (unpaired) electrons. The number of carbonyl (C=O) groups excluding carboxylic acids is 1. The monoisotopic (exact) mass is 355 g/mol. The third-order valence-electron chi connectivity index (χ3n) is 4.66. The van der Waals surface area contributed by atoms with Crippen LogP contribution in [0.1, 0.15) is 49.4 Å². The van der Waals surface area contributed by atoms with Crippen LogP contribution in [0, 0.1) is 13.8 Å². The average Bonchev–Trinajstić information content (AvgIpc) is 2.66. The SMILES string of the molecule is CC[C@H](NC(=O)[C@@H](CC)Oc1ccc(C)c(C)c1)c1ccc(OC)cc1. The van der Waals surface area contributed by atoms with E-state index in [1.54, 1.807) is 7.11 Å². The van der Waals surface area contributed by atoms with Gasteiger partial charge in [0.1, 0.15) is 11.5 Å². The molecule has 2 atom stereocenters. The Morgan fingerprint density at radius 2 is 1.62 bits per heavy atom. The lowest BCUT2D eigenvalue weighted by Gasteiger charge is -2.23. The van der Waals surface area contributed by atoms with E-state index in [4.69, 9.17) is 9.47 Å². The van der Waals surface area contributed by atoms with Crippen molar-refractivity contribution in [2.24, 2.45) is 0 Å². The second-order valence-corrected chi connectivity index (χ2v) is 6.50. The molecule has 0 spiro atoms. The van der Waals surface area contributed by atoms with Crippen molar-refractivity contribution >= 4 is 5.91 Å². The van der Waals surface area contributed by atoms with E-state index >= 15 is 0 Å². The first-order valence-electron chi connectivity index (χ1n) is 9.16. The summed E-state index contributed by atoms with van der Waals surface area (Å²) in [7, 11) is 1.64. The summed E-state index contributed by atoms with van der Waals surface area (Å²) in [5.74, 6) is 1.44. The van der Waals surface area contributed by atoms with Crippen LogP contribution in [0.2, 0.25) is 0 Å². The van der Waals surface area contributed by atoms with Crippen molar-refractivity contribution in [2.45, 2.75) is 52.7 Å². The zero-order chi connectivity index (χ0) is 19.1. The number of ether oxygens (including phenoxy) is 2. The summed E-state index contributed by atoms with van der Waals surface area (Å²) in [5.41, 5.74) is 3.42. The van der Waals surface area contributed by atoms with Gasteiger partial charge < -0.3 is 14.8 Å². The molecule has 0 saturated carbocycles. The number of hydrogen-bond donors (Lipinski definition) is 1. The largest absolute Gasteiger partial charge is 0.497 e. The van der Waals surface area contributed by atoms with Gasteiger partial charge in [0.25, 0.3) is 5.91 Å². The smallest absolute Gasteiger partial charge is 0.261 e. The minimum absolute atomic E-state index is 0.0502. The molecule has 2 rings (SSSR count). The molecule has 2 aromatic rings. The highest BCUT2D eigenvalue weighted by molar-refractivity contribution is 5.81. The van der Waals surface area contributed by atoms with Gasteiger partial charge in [0, 0.05) is 0 Å². The molecule has 26 heavy (non-hydrogen) atoms. The van der Waals surface area contributed by atoms with Crippen LogP contribution in [0.3, 0.4) is 0 Å². The summed E-state index contributed by atoms with van der Waals surface area (Å²) in [6.45, 7) is 8.11. The van der Waals surface area contributed by atoms with Crippen molar-refractivity contribution in [3.05, 3.63) is 59.2 Å². The normalized spacial score (nSPS) is 13.0. The molecular formula is C22H29NO3. The fraction of sp³-hybridized carbons (Fsp3) is 0.409. The number of nitrogens with one attached hydrogen (secondary N) is 1. The van der Waals surface area contributed by atoms with Gasteiger partial charge in [-0.05, 0) is 67.6 Å². The van der Waals surface area contributed by atoms with Gasteiger partial charge in [-0.15, -0.1) is 0 Å². The maximum atomic E-state index is 12.7. The van der Waals surface area contributed by atoms with Gasteiger partial charge in [0.15, 0.2) is 6.10 Å². The highest BCUT2D eigenvalue weighted by Gasteiger charge is 2.22. The second kappa shape index (κ2) is 9.27. The Hall–Kier alpha value is -2.49. The Labute approximate surface area is 156 Å². The lowest BCUT2D eigenvalue weighted by atomic mass is 10.0. The summed E-state index contributed by atoms with van der Waals surface area (Å²) in [5, 5.41) is 3.11. The molecule has 4 nitrogen and oxygen atoms in total. The first kappa shape index (κ1) is 19.8. The van der Waals surface area contributed by atoms with Gasteiger partial charge in [-0.3, -0.25) is 4.79 Å². The third kappa shape index (κ3) is 5.01. The van der Waals surface area contributed by atoms with Crippen molar-refractivity contribution in [1.82, 2.24) is 5.32 Å². The van der Waals surface area contributed by atoms with Crippen LogP contribution < -0.4 is 14.8 Å². The fourth-order valence-electron chi connectivity index (χ4n) is 2.80. The van der Waals surface area contributed by atoms with Crippen LogP contribution >= 0.6 is 0 Å². The molecule has 0 saturated heterocycles. The number of aryl methyl sites for hydroxylation is 2. The van der Waals surface area contributed by atoms with Crippen LogP contribution in [-0.2, 0) is 4.79 Å². The number of hydrogen-bond acceptors (Lipinski definition) is 3. The van der Waals surface area contributed by atoms with Crippen LogP contribution in [-0.4, -0.2) is 19.1 Å². The van der Waals surface area contributed by atoms with Crippen molar-refractivity contribution < 1.29 is 14.3 Å². The number of methoxy groups -OCH3 is 1. The first-order chi connectivity index (χ1) is 12.5. The van der Waals surface area contributed by atoms with E-state index in [1.807, 2.05) is 56.3 Å².